The lowest BCUT2D eigenvalue weighted by Gasteiger charge is -2.33. The van der Waals surface area contributed by atoms with Crippen LogP contribution in [0, 0.1) is 5.41 Å². The second-order valence-corrected chi connectivity index (χ2v) is 7.18. The van der Waals surface area contributed by atoms with Gasteiger partial charge in [-0.3, -0.25) is 4.99 Å². The highest BCUT2D eigenvalue weighted by Gasteiger charge is 2.25. The summed E-state index contributed by atoms with van der Waals surface area (Å²) in [6.45, 7) is 25.4. The number of hydrogen-bond acceptors (Lipinski definition) is 2. The van der Waals surface area contributed by atoms with Crippen LogP contribution in [0.25, 0.3) is 0 Å². The van der Waals surface area contributed by atoms with Gasteiger partial charge in [0.1, 0.15) is 0 Å². The van der Waals surface area contributed by atoms with Crippen molar-refractivity contribution in [3.05, 3.63) is 60.1 Å². The predicted molar refractivity (Wildman–Crippen MR) is 114 cm³/mol. The second kappa shape index (κ2) is 9.45. The Kier molecular flexibility index (Phi) is 8.68. The van der Waals surface area contributed by atoms with E-state index in [1.54, 1.807) is 7.05 Å². The molecule has 0 unspecified atom stereocenters. The molecule has 0 aromatic heterocycles. The monoisotopic (exact) mass is 343 g/mol. The van der Waals surface area contributed by atoms with Crippen molar-refractivity contribution in [1.29, 1.82) is 0 Å². The average molecular weight is 344 g/mol. The van der Waals surface area contributed by atoms with E-state index < -0.39 is 0 Å². The van der Waals surface area contributed by atoms with Crippen LogP contribution in [0.15, 0.2) is 65.1 Å². The lowest BCUT2D eigenvalue weighted by Crippen LogP contribution is -2.23. The zero-order chi connectivity index (χ0) is 19.9. The van der Waals surface area contributed by atoms with Crippen molar-refractivity contribution in [2.24, 2.45) is 10.4 Å². The summed E-state index contributed by atoms with van der Waals surface area (Å²) in [7, 11) is 5.77. The van der Waals surface area contributed by atoms with Gasteiger partial charge in [0.05, 0.1) is 5.84 Å². The normalized spacial score (nSPS) is 13.6. The fourth-order valence-corrected chi connectivity index (χ4v) is 2.71. The molecule has 0 aliphatic heterocycles. The van der Waals surface area contributed by atoms with Gasteiger partial charge in [-0.1, -0.05) is 46.1 Å². The van der Waals surface area contributed by atoms with E-state index in [9.17, 15) is 0 Å². The molecule has 0 aliphatic carbocycles. The van der Waals surface area contributed by atoms with Crippen molar-refractivity contribution in [2.75, 3.05) is 21.1 Å². The van der Waals surface area contributed by atoms with E-state index in [4.69, 9.17) is 0 Å². The molecule has 0 aliphatic rings. The number of nitrogens with zero attached hydrogens (tertiary/aromatic N) is 3. The first-order chi connectivity index (χ1) is 11.4. The Morgan fingerprint density at radius 3 is 1.76 bits per heavy atom. The van der Waals surface area contributed by atoms with Crippen molar-refractivity contribution in [2.45, 2.75) is 48.0 Å². The van der Waals surface area contributed by atoms with Gasteiger partial charge >= 0.3 is 0 Å². The molecule has 0 aromatic carbocycles. The first kappa shape index (κ1) is 23.0. The topological polar surface area (TPSA) is 18.8 Å². The maximum atomic E-state index is 4.21. The summed E-state index contributed by atoms with van der Waals surface area (Å²) in [4.78, 5) is 8.24. The average Bonchev–Trinajstić information content (AvgIpc) is 2.56. The van der Waals surface area contributed by atoms with Gasteiger partial charge < -0.3 is 9.80 Å². The molecule has 0 amide bonds. The maximum absolute atomic E-state index is 4.21. The lowest BCUT2D eigenvalue weighted by molar-refractivity contribution is 0.409. The number of hydrogen-bond donors (Lipinski definition) is 0. The Hall–Kier alpha value is -2.03. The molecule has 0 bridgehead atoms. The van der Waals surface area contributed by atoms with Gasteiger partial charge in [0.15, 0.2) is 0 Å². The van der Waals surface area contributed by atoms with Crippen molar-refractivity contribution in [3.63, 3.8) is 0 Å². The van der Waals surface area contributed by atoms with Crippen molar-refractivity contribution in [1.82, 2.24) is 9.80 Å². The summed E-state index contributed by atoms with van der Waals surface area (Å²) in [5.41, 5.74) is 5.42. The van der Waals surface area contributed by atoms with Gasteiger partial charge in [0, 0.05) is 38.2 Å². The Balaban J connectivity index is 5.53. The first-order valence-corrected chi connectivity index (χ1v) is 8.74. The van der Waals surface area contributed by atoms with Crippen LogP contribution in [0.1, 0.15) is 48.0 Å². The highest BCUT2D eigenvalue weighted by molar-refractivity contribution is 5.81. The Morgan fingerprint density at radius 1 is 0.960 bits per heavy atom. The molecule has 0 radical (unpaired) electrons. The van der Waals surface area contributed by atoms with Gasteiger partial charge in [-0.2, -0.15) is 0 Å². The summed E-state index contributed by atoms with van der Waals surface area (Å²) in [6, 6.07) is 0. The van der Waals surface area contributed by atoms with Crippen LogP contribution in [-0.2, 0) is 0 Å². The molecule has 0 aromatic rings. The predicted octanol–water partition coefficient (Wildman–Crippen LogP) is 5.77. The molecule has 3 nitrogen and oxygen atoms in total. The number of amidine groups is 1. The Bertz CT molecular complexity index is 615. The molecule has 0 saturated heterocycles. The van der Waals surface area contributed by atoms with Crippen LogP contribution in [0.5, 0.6) is 0 Å². The quantitative estimate of drug-likeness (QED) is 0.316. The number of likely N-dealkylation sites (N-methyl/N-ethyl adjacent to an activating group) is 2. The van der Waals surface area contributed by atoms with Gasteiger partial charge in [-0.15, -0.1) is 0 Å². The molecule has 0 N–H and O–H groups in total. The third-order valence-corrected chi connectivity index (χ3v) is 4.99. The van der Waals surface area contributed by atoms with Crippen molar-refractivity contribution >= 4 is 5.84 Å². The van der Waals surface area contributed by atoms with Gasteiger partial charge in [-0.05, 0) is 50.3 Å². The summed E-state index contributed by atoms with van der Waals surface area (Å²) < 4.78 is 0. The lowest BCUT2D eigenvalue weighted by atomic mass is 9.77. The molecular weight excluding hydrogens is 306 g/mol. The van der Waals surface area contributed by atoms with E-state index in [1.165, 1.54) is 11.3 Å². The van der Waals surface area contributed by atoms with Crippen LogP contribution in [0.3, 0.4) is 0 Å². The van der Waals surface area contributed by atoms with Gasteiger partial charge in [-0.25, -0.2) is 0 Å². The highest BCUT2D eigenvalue weighted by Crippen LogP contribution is 2.37. The minimum Gasteiger partial charge on any atom is -0.349 e. The second-order valence-electron chi connectivity index (χ2n) is 7.18. The molecule has 0 spiro atoms. The van der Waals surface area contributed by atoms with Crippen LogP contribution >= 0.6 is 0 Å². The smallest absolute Gasteiger partial charge is 0.0995 e. The van der Waals surface area contributed by atoms with Gasteiger partial charge in [0.25, 0.3) is 0 Å². The maximum Gasteiger partial charge on any atom is 0.0995 e. The largest absolute Gasteiger partial charge is 0.349 e. The fourth-order valence-electron chi connectivity index (χ4n) is 2.71. The van der Waals surface area contributed by atoms with E-state index in [0.717, 1.165) is 29.2 Å². The van der Waals surface area contributed by atoms with Crippen molar-refractivity contribution < 1.29 is 0 Å². The minimum absolute atomic E-state index is 0.0761. The summed E-state index contributed by atoms with van der Waals surface area (Å²) in [5.74, 6) is 0.916. The van der Waals surface area contributed by atoms with E-state index in [2.05, 4.69) is 64.2 Å². The molecule has 140 valence electrons. The third kappa shape index (κ3) is 6.08. The number of allylic oxidation sites excluding steroid dienone is 5. The van der Waals surface area contributed by atoms with E-state index in [1.807, 2.05) is 38.1 Å². The molecular formula is C22H37N3. The molecule has 0 heterocycles. The van der Waals surface area contributed by atoms with Crippen LogP contribution < -0.4 is 0 Å². The summed E-state index contributed by atoms with van der Waals surface area (Å²) in [5, 5.41) is 0. The molecule has 0 rings (SSSR count). The van der Waals surface area contributed by atoms with Crippen LogP contribution in [0.4, 0.5) is 0 Å². The SMILES string of the molecule is C=C(C)/C(=C(/C)N(C)C(=C)/C=C\C(=C)N(C)C(C)=NC)C(C)(C)CC. The zero-order valence-corrected chi connectivity index (χ0v) is 17.8. The Morgan fingerprint density at radius 2 is 1.40 bits per heavy atom. The summed E-state index contributed by atoms with van der Waals surface area (Å²) in [6.07, 6.45) is 5.01. The third-order valence-electron chi connectivity index (χ3n) is 4.99. The Labute approximate surface area is 155 Å². The van der Waals surface area contributed by atoms with Crippen LogP contribution in [0.2, 0.25) is 0 Å². The molecule has 3 heteroatoms. The fraction of sp³-hybridized carbons (Fsp3) is 0.500. The molecule has 0 saturated carbocycles. The zero-order valence-electron chi connectivity index (χ0n) is 17.8. The molecule has 0 fully saturated rings. The first-order valence-electron chi connectivity index (χ1n) is 8.74. The van der Waals surface area contributed by atoms with E-state index >= 15 is 0 Å². The van der Waals surface area contributed by atoms with E-state index in [0.29, 0.717) is 0 Å². The van der Waals surface area contributed by atoms with Gasteiger partial charge in [0.2, 0.25) is 0 Å². The van der Waals surface area contributed by atoms with Crippen LogP contribution in [-0.4, -0.2) is 36.8 Å². The number of rotatable bonds is 8. The molecule has 0 atom stereocenters. The van der Waals surface area contributed by atoms with E-state index in [-0.39, 0.29) is 5.41 Å². The summed E-state index contributed by atoms with van der Waals surface area (Å²) >= 11 is 0. The highest BCUT2D eigenvalue weighted by atomic mass is 15.2. The van der Waals surface area contributed by atoms with Crippen molar-refractivity contribution in [3.8, 4) is 0 Å². The number of aliphatic imine (C=N–C) groups is 1. The minimum atomic E-state index is 0.0761. The molecule has 25 heavy (non-hydrogen) atoms. The standard InChI is InChI=1S/C22H37N3/c1-13-22(8,9)21(16(2)3)19(6)24(11)17(4)14-15-18(5)25(12)20(7)23-10/h14-15H,2,4-5,13H2,1,3,6-12H3/b15-14-,21-19+,23-20?.